The highest BCUT2D eigenvalue weighted by molar-refractivity contribution is 5.81. The molecular weight excluding hydrogens is 406 g/mol. The Hall–Kier alpha value is -1.22. The predicted molar refractivity (Wildman–Crippen MR) is 123 cm³/mol. The van der Waals surface area contributed by atoms with Crippen LogP contribution in [0.4, 0.5) is 0 Å². The molecule has 0 spiro atoms. The van der Waals surface area contributed by atoms with E-state index in [0.717, 1.165) is 64.1 Å². The molecule has 8 nitrogen and oxygen atoms in total. The zero-order valence-corrected chi connectivity index (χ0v) is 19.7. The van der Waals surface area contributed by atoms with E-state index in [1.807, 2.05) is 12.0 Å². The predicted octanol–water partition coefficient (Wildman–Crippen LogP) is 1.16. The fraction of sp³-hybridized carbons (Fsp3) is 0.917. The molecule has 2 saturated heterocycles. The van der Waals surface area contributed by atoms with Crippen LogP contribution in [0.2, 0.25) is 0 Å². The number of amides is 2. The Bertz CT molecular complexity index is 631. The molecule has 32 heavy (non-hydrogen) atoms. The number of primary amides is 1. The zero-order valence-electron chi connectivity index (χ0n) is 19.7. The van der Waals surface area contributed by atoms with E-state index < -0.39 is 0 Å². The summed E-state index contributed by atoms with van der Waals surface area (Å²) in [6.45, 7) is 3.35. The van der Waals surface area contributed by atoms with Crippen LogP contribution in [-0.2, 0) is 14.3 Å². The third kappa shape index (κ3) is 6.01. The molecule has 2 heterocycles. The van der Waals surface area contributed by atoms with Gasteiger partial charge in [0.05, 0.1) is 12.0 Å². The second-order valence-corrected chi connectivity index (χ2v) is 10.5. The van der Waals surface area contributed by atoms with Crippen LogP contribution in [0.15, 0.2) is 0 Å². The Balaban J connectivity index is 1.20. The number of hydrogen-bond acceptors (Lipinski definition) is 6. The second kappa shape index (κ2) is 11.3. The Morgan fingerprint density at radius 1 is 0.938 bits per heavy atom. The lowest BCUT2D eigenvalue weighted by Gasteiger charge is -2.41. The molecule has 4 rings (SSSR count). The van der Waals surface area contributed by atoms with E-state index in [1.54, 1.807) is 0 Å². The molecule has 0 aromatic heterocycles. The smallest absolute Gasteiger partial charge is 0.225 e. The molecule has 0 radical (unpaired) electrons. The molecule has 2 aliphatic heterocycles. The van der Waals surface area contributed by atoms with Gasteiger partial charge >= 0.3 is 0 Å². The molecule has 2 amide bonds. The van der Waals surface area contributed by atoms with Crippen LogP contribution >= 0.6 is 0 Å². The first kappa shape index (κ1) is 23.9. The molecule has 2 saturated carbocycles. The van der Waals surface area contributed by atoms with Gasteiger partial charge in [0.1, 0.15) is 6.29 Å². The number of nitrogens with zero attached hydrogens (tertiary/aromatic N) is 1. The molecule has 4 aliphatic rings. The van der Waals surface area contributed by atoms with Crippen LogP contribution in [0.5, 0.6) is 0 Å². The van der Waals surface area contributed by atoms with Crippen molar-refractivity contribution >= 4 is 11.8 Å². The summed E-state index contributed by atoms with van der Waals surface area (Å²) in [5.41, 5.74) is 5.50. The molecule has 2 aliphatic carbocycles. The number of likely N-dealkylation sites (tertiary alicyclic amines) is 1. The van der Waals surface area contributed by atoms with E-state index in [2.05, 4.69) is 16.0 Å². The Kier molecular flexibility index (Phi) is 8.43. The van der Waals surface area contributed by atoms with Crippen molar-refractivity contribution in [1.82, 2.24) is 20.9 Å². The molecule has 0 aromatic rings. The van der Waals surface area contributed by atoms with Gasteiger partial charge in [-0.05, 0) is 69.6 Å². The summed E-state index contributed by atoms with van der Waals surface area (Å²) in [5, 5.41) is 11.1. The van der Waals surface area contributed by atoms with Gasteiger partial charge < -0.3 is 15.4 Å². The monoisotopic (exact) mass is 449 g/mol. The minimum absolute atomic E-state index is 0.0557. The number of hydrogen-bond donors (Lipinski definition) is 4. The number of carbonyl (C=O) groups excluding carboxylic acids is 2. The summed E-state index contributed by atoms with van der Waals surface area (Å²) in [6.07, 6.45) is 11.2. The summed E-state index contributed by atoms with van der Waals surface area (Å²) < 4.78 is 5.52. The molecule has 182 valence electrons. The van der Waals surface area contributed by atoms with Crippen molar-refractivity contribution < 1.29 is 14.3 Å². The van der Waals surface area contributed by atoms with Gasteiger partial charge in [0.2, 0.25) is 11.8 Å². The normalized spacial score (nSPS) is 38.9. The average Bonchev–Trinajstić information content (AvgIpc) is 2.84. The van der Waals surface area contributed by atoms with Gasteiger partial charge in [0.25, 0.3) is 0 Å². The molecule has 3 unspecified atom stereocenters. The largest absolute Gasteiger partial charge is 0.381 e. The summed E-state index contributed by atoms with van der Waals surface area (Å²) in [6, 6.07) is 0.341. The maximum Gasteiger partial charge on any atom is 0.225 e. The topological polar surface area (TPSA) is 109 Å². The number of rotatable bonds is 6. The van der Waals surface area contributed by atoms with Crippen LogP contribution in [0, 0.1) is 23.7 Å². The Morgan fingerprint density at radius 3 is 2.34 bits per heavy atom. The molecule has 0 aromatic carbocycles. The van der Waals surface area contributed by atoms with E-state index in [0.29, 0.717) is 24.6 Å². The highest BCUT2D eigenvalue weighted by atomic mass is 16.5. The van der Waals surface area contributed by atoms with Crippen LogP contribution in [0.1, 0.15) is 64.2 Å². The van der Waals surface area contributed by atoms with Gasteiger partial charge in [-0.25, -0.2) is 0 Å². The average molecular weight is 450 g/mol. The van der Waals surface area contributed by atoms with E-state index in [1.165, 1.54) is 25.7 Å². The first-order valence-corrected chi connectivity index (χ1v) is 12.9. The molecule has 3 atom stereocenters. The van der Waals surface area contributed by atoms with Gasteiger partial charge in [-0.15, -0.1) is 0 Å². The van der Waals surface area contributed by atoms with Gasteiger partial charge in [0.15, 0.2) is 0 Å². The lowest BCUT2D eigenvalue weighted by Crippen LogP contribution is -2.63. The molecule has 4 fully saturated rings. The van der Waals surface area contributed by atoms with E-state index in [4.69, 9.17) is 10.5 Å². The van der Waals surface area contributed by atoms with Gasteiger partial charge in [0, 0.05) is 45.2 Å². The van der Waals surface area contributed by atoms with Crippen LogP contribution in [0.3, 0.4) is 0 Å². The minimum Gasteiger partial charge on any atom is -0.381 e. The number of nitrogens with one attached hydrogen (secondary N) is 3. The van der Waals surface area contributed by atoms with Gasteiger partial charge in [-0.1, -0.05) is 6.42 Å². The van der Waals surface area contributed by atoms with E-state index >= 15 is 0 Å². The Morgan fingerprint density at radius 2 is 1.66 bits per heavy atom. The highest BCUT2D eigenvalue weighted by Crippen LogP contribution is 2.32. The molecule has 8 heteroatoms. The van der Waals surface area contributed by atoms with Crippen molar-refractivity contribution in [3.63, 3.8) is 0 Å². The van der Waals surface area contributed by atoms with E-state index in [9.17, 15) is 9.59 Å². The number of methoxy groups -OCH3 is 1. The third-order valence-electron chi connectivity index (χ3n) is 8.45. The highest BCUT2D eigenvalue weighted by Gasteiger charge is 2.35. The summed E-state index contributed by atoms with van der Waals surface area (Å²) >= 11 is 0. The van der Waals surface area contributed by atoms with Gasteiger partial charge in [-0.3, -0.25) is 25.5 Å². The quantitative estimate of drug-likeness (QED) is 0.485. The number of ether oxygens (including phenoxy) is 1. The summed E-state index contributed by atoms with van der Waals surface area (Å²) in [5.74, 6) is 1.29. The second-order valence-electron chi connectivity index (χ2n) is 10.5. The number of piperidine rings is 1. The van der Waals surface area contributed by atoms with Crippen molar-refractivity contribution in [3.05, 3.63) is 0 Å². The van der Waals surface area contributed by atoms with Crippen molar-refractivity contribution in [2.75, 3.05) is 33.3 Å². The van der Waals surface area contributed by atoms with E-state index in [-0.39, 0.29) is 29.9 Å². The number of carbonyl (C=O) groups is 2. The molecular formula is C24H43N5O3. The zero-order chi connectivity index (χ0) is 22.5. The van der Waals surface area contributed by atoms with Crippen LogP contribution in [0.25, 0.3) is 0 Å². The fourth-order valence-corrected chi connectivity index (χ4v) is 6.40. The van der Waals surface area contributed by atoms with Crippen molar-refractivity contribution in [3.8, 4) is 0 Å². The van der Waals surface area contributed by atoms with Crippen LogP contribution in [-0.4, -0.2) is 68.4 Å². The molecule has 5 N–H and O–H groups in total. The van der Waals surface area contributed by atoms with Crippen molar-refractivity contribution in [2.24, 2.45) is 29.4 Å². The fourth-order valence-electron chi connectivity index (χ4n) is 6.40. The van der Waals surface area contributed by atoms with Gasteiger partial charge in [-0.2, -0.15) is 0 Å². The maximum absolute atomic E-state index is 13.1. The van der Waals surface area contributed by atoms with Crippen molar-refractivity contribution in [1.29, 1.82) is 0 Å². The SMILES string of the molecule is COC1CCC(C2CNC(NC3CCCC(C(=O)N4CCCC(C(N)=O)C4)C3)NC2)CC1. The lowest BCUT2D eigenvalue weighted by atomic mass is 9.78. The first-order valence-electron chi connectivity index (χ1n) is 12.9. The summed E-state index contributed by atoms with van der Waals surface area (Å²) in [7, 11) is 1.83. The first-order chi connectivity index (χ1) is 15.5. The molecule has 0 bridgehead atoms. The Labute approximate surface area is 192 Å². The maximum atomic E-state index is 13.1. The summed E-state index contributed by atoms with van der Waals surface area (Å²) in [4.78, 5) is 26.6. The number of nitrogens with two attached hydrogens (primary N) is 1. The minimum atomic E-state index is -0.273. The third-order valence-corrected chi connectivity index (χ3v) is 8.45. The standard InChI is InChI=1S/C24H43N5O3/c1-32-21-9-7-16(8-10-21)19-13-26-24(27-14-19)28-20-6-2-4-17(12-20)23(31)29-11-3-5-18(15-29)22(25)30/h16-21,24,26-28H,2-15H2,1H3,(H2,25,30). The van der Waals surface area contributed by atoms with Crippen molar-refractivity contribution in [2.45, 2.75) is 82.6 Å². The lowest BCUT2D eigenvalue weighted by molar-refractivity contribution is -0.140. The van der Waals surface area contributed by atoms with Crippen LogP contribution < -0.4 is 21.7 Å².